The van der Waals surface area contributed by atoms with Crippen LogP contribution in [-0.2, 0) is 4.74 Å². The Labute approximate surface area is 120 Å². The zero-order valence-electron chi connectivity index (χ0n) is 11.8. The van der Waals surface area contributed by atoms with E-state index in [1.54, 1.807) is 0 Å². The molecule has 0 bridgehead atoms. The van der Waals surface area contributed by atoms with E-state index >= 15 is 0 Å². The van der Waals surface area contributed by atoms with Gasteiger partial charge in [0.05, 0.1) is 24.8 Å². The molecule has 1 fully saturated rings. The molecule has 0 aromatic carbocycles. The first-order valence-corrected chi connectivity index (χ1v) is 7.07. The van der Waals surface area contributed by atoms with Crippen molar-refractivity contribution in [3.05, 3.63) is 22.9 Å². The van der Waals surface area contributed by atoms with E-state index in [2.05, 4.69) is 16.8 Å². The maximum atomic E-state index is 5.89. The minimum Gasteiger partial charge on any atom is -0.389 e. The van der Waals surface area contributed by atoms with Gasteiger partial charge in [0.25, 0.3) is 0 Å². The summed E-state index contributed by atoms with van der Waals surface area (Å²) in [7, 11) is 0. The minimum atomic E-state index is 0.343. The van der Waals surface area contributed by atoms with E-state index in [9.17, 15) is 0 Å². The molecular weight excluding hydrogens is 258 g/mol. The lowest BCUT2D eigenvalue weighted by Crippen LogP contribution is -2.46. The summed E-state index contributed by atoms with van der Waals surface area (Å²) >= 11 is 5.20. The summed E-state index contributed by atoms with van der Waals surface area (Å²) in [5.41, 5.74) is 8.88. The Bertz CT molecular complexity index is 490. The molecule has 0 spiro atoms. The van der Waals surface area contributed by atoms with Crippen molar-refractivity contribution in [2.45, 2.75) is 33.2 Å². The van der Waals surface area contributed by atoms with Crippen LogP contribution in [0.4, 0.5) is 5.82 Å². The highest BCUT2D eigenvalue weighted by Crippen LogP contribution is 2.26. The molecule has 2 N–H and O–H groups in total. The normalized spacial score (nSPS) is 19.5. The summed E-state index contributed by atoms with van der Waals surface area (Å²) < 4.78 is 5.55. The standard InChI is InChI=1S/C14H21N3OS/c1-4-11-8-18-6-5-17(11)14-12(13(15)19)9(2)7-10(3)16-14/h7,11H,4-6,8H2,1-3H3,(H2,15,19). The molecule has 2 heterocycles. The molecule has 1 atom stereocenters. The van der Waals surface area contributed by atoms with E-state index in [4.69, 9.17) is 22.7 Å². The Balaban J connectivity index is 2.50. The molecule has 0 saturated carbocycles. The van der Waals surface area contributed by atoms with Crippen LogP contribution in [0.5, 0.6) is 0 Å². The smallest absolute Gasteiger partial charge is 0.139 e. The van der Waals surface area contributed by atoms with Crippen LogP contribution in [0.1, 0.15) is 30.2 Å². The van der Waals surface area contributed by atoms with Crippen molar-refractivity contribution in [3.63, 3.8) is 0 Å². The minimum absolute atomic E-state index is 0.343. The third-order valence-electron chi connectivity index (χ3n) is 3.54. The van der Waals surface area contributed by atoms with Crippen molar-refractivity contribution in [1.82, 2.24) is 4.98 Å². The number of hydrogen-bond acceptors (Lipinski definition) is 4. The average molecular weight is 279 g/mol. The van der Waals surface area contributed by atoms with Crippen molar-refractivity contribution >= 4 is 23.0 Å². The monoisotopic (exact) mass is 279 g/mol. The van der Waals surface area contributed by atoms with Crippen LogP contribution in [0.25, 0.3) is 0 Å². The molecule has 4 nitrogen and oxygen atoms in total. The molecule has 104 valence electrons. The van der Waals surface area contributed by atoms with Gasteiger partial charge in [0.15, 0.2) is 0 Å². The van der Waals surface area contributed by atoms with Crippen molar-refractivity contribution < 1.29 is 4.74 Å². The number of anilines is 1. The van der Waals surface area contributed by atoms with Gasteiger partial charge in [-0.15, -0.1) is 0 Å². The van der Waals surface area contributed by atoms with Gasteiger partial charge in [-0.05, 0) is 31.9 Å². The highest BCUT2D eigenvalue weighted by Gasteiger charge is 2.26. The third-order valence-corrected chi connectivity index (χ3v) is 3.75. The first-order valence-electron chi connectivity index (χ1n) is 6.67. The highest BCUT2D eigenvalue weighted by molar-refractivity contribution is 7.80. The number of rotatable bonds is 3. The van der Waals surface area contributed by atoms with Gasteiger partial charge in [-0.25, -0.2) is 4.98 Å². The number of aromatic nitrogens is 1. The number of thiocarbonyl (C=S) groups is 1. The summed E-state index contributed by atoms with van der Waals surface area (Å²) in [6, 6.07) is 2.37. The fraction of sp³-hybridized carbons (Fsp3) is 0.571. The number of morpholine rings is 1. The molecule has 2 rings (SSSR count). The third kappa shape index (κ3) is 2.87. The number of pyridine rings is 1. The van der Waals surface area contributed by atoms with Gasteiger partial charge >= 0.3 is 0 Å². The molecule has 0 aliphatic carbocycles. The Morgan fingerprint density at radius 3 is 2.95 bits per heavy atom. The first-order chi connectivity index (χ1) is 9.04. The SMILES string of the molecule is CCC1COCCN1c1nc(C)cc(C)c1C(N)=S. The lowest BCUT2D eigenvalue weighted by atomic mass is 10.1. The van der Waals surface area contributed by atoms with Gasteiger partial charge in [0.1, 0.15) is 10.8 Å². The highest BCUT2D eigenvalue weighted by atomic mass is 32.1. The fourth-order valence-corrected chi connectivity index (χ4v) is 2.85. The lowest BCUT2D eigenvalue weighted by molar-refractivity contribution is 0.0925. The van der Waals surface area contributed by atoms with E-state index < -0.39 is 0 Å². The first kappa shape index (κ1) is 14.2. The summed E-state index contributed by atoms with van der Waals surface area (Å²) in [4.78, 5) is 7.39. The number of nitrogens with two attached hydrogens (primary N) is 1. The van der Waals surface area contributed by atoms with E-state index in [-0.39, 0.29) is 0 Å². The van der Waals surface area contributed by atoms with Gasteiger partial charge < -0.3 is 15.4 Å². The second kappa shape index (κ2) is 5.84. The largest absolute Gasteiger partial charge is 0.389 e. The van der Waals surface area contributed by atoms with Gasteiger partial charge in [-0.2, -0.15) is 0 Å². The van der Waals surface area contributed by atoms with Crippen LogP contribution >= 0.6 is 12.2 Å². The summed E-state index contributed by atoms with van der Waals surface area (Å²) in [5, 5.41) is 0. The van der Waals surface area contributed by atoms with Crippen LogP contribution in [0.15, 0.2) is 6.07 Å². The zero-order valence-corrected chi connectivity index (χ0v) is 12.6. The molecular formula is C14H21N3OS. The number of aryl methyl sites for hydroxylation is 2. The second-order valence-electron chi connectivity index (χ2n) is 4.97. The van der Waals surface area contributed by atoms with Crippen LogP contribution < -0.4 is 10.6 Å². The van der Waals surface area contributed by atoms with Crippen molar-refractivity contribution in [1.29, 1.82) is 0 Å². The molecule has 1 aromatic rings. The van der Waals surface area contributed by atoms with E-state index in [1.807, 2.05) is 19.9 Å². The Morgan fingerprint density at radius 2 is 2.32 bits per heavy atom. The molecule has 1 aliphatic rings. The number of hydrogen-bond donors (Lipinski definition) is 1. The predicted octanol–water partition coefficient (Wildman–Crippen LogP) is 1.95. The molecule has 1 aliphatic heterocycles. The number of ether oxygens (including phenoxy) is 1. The molecule has 0 radical (unpaired) electrons. The Morgan fingerprint density at radius 1 is 1.58 bits per heavy atom. The second-order valence-corrected chi connectivity index (χ2v) is 5.41. The zero-order chi connectivity index (χ0) is 14.0. The van der Waals surface area contributed by atoms with Crippen LogP contribution in [0, 0.1) is 13.8 Å². The van der Waals surface area contributed by atoms with E-state index in [0.29, 0.717) is 11.0 Å². The van der Waals surface area contributed by atoms with Crippen LogP contribution in [0.2, 0.25) is 0 Å². The van der Waals surface area contributed by atoms with Gasteiger partial charge in [-0.3, -0.25) is 0 Å². The maximum Gasteiger partial charge on any atom is 0.139 e. The van der Waals surface area contributed by atoms with Crippen molar-refractivity contribution in [2.75, 3.05) is 24.7 Å². The topological polar surface area (TPSA) is 51.4 Å². The van der Waals surface area contributed by atoms with Crippen molar-refractivity contribution in [2.24, 2.45) is 5.73 Å². The fourth-order valence-electron chi connectivity index (χ4n) is 2.60. The van der Waals surface area contributed by atoms with Gasteiger partial charge in [0.2, 0.25) is 0 Å². The molecule has 1 unspecified atom stereocenters. The summed E-state index contributed by atoms with van der Waals surface area (Å²) in [6.07, 6.45) is 1.02. The van der Waals surface area contributed by atoms with Crippen LogP contribution in [0.3, 0.4) is 0 Å². The Kier molecular flexibility index (Phi) is 4.37. The predicted molar refractivity (Wildman–Crippen MR) is 81.8 cm³/mol. The summed E-state index contributed by atoms with van der Waals surface area (Å²) in [5.74, 6) is 0.917. The molecule has 1 saturated heterocycles. The summed E-state index contributed by atoms with van der Waals surface area (Å²) in [6.45, 7) is 8.50. The molecule has 19 heavy (non-hydrogen) atoms. The van der Waals surface area contributed by atoms with E-state index in [1.165, 1.54) is 0 Å². The van der Waals surface area contributed by atoms with Crippen LogP contribution in [-0.4, -0.2) is 35.8 Å². The van der Waals surface area contributed by atoms with Crippen molar-refractivity contribution in [3.8, 4) is 0 Å². The Hall–Kier alpha value is -1.20. The average Bonchev–Trinajstić information content (AvgIpc) is 2.37. The maximum absolute atomic E-state index is 5.89. The van der Waals surface area contributed by atoms with Gasteiger partial charge in [-0.1, -0.05) is 19.1 Å². The molecule has 5 heteroatoms. The number of nitrogens with zero attached hydrogens (tertiary/aromatic N) is 2. The molecule has 1 aromatic heterocycles. The van der Waals surface area contributed by atoms with E-state index in [0.717, 1.165) is 48.8 Å². The van der Waals surface area contributed by atoms with Gasteiger partial charge in [0, 0.05) is 12.2 Å². The lowest BCUT2D eigenvalue weighted by Gasteiger charge is -2.37. The molecule has 0 amide bonds. The quantitative estimate of drug-likeness (QED) is 0.857.